The van der Waals surface area contributed by atoms with E-state index in [0.717, 1.165) is 17.7 Å². The largest absolute Gasteiger partial charge is 0.350 e. The first kappa shape index (κ1) is 19.5. The lowest BCUT2D eigenvalue weighted by molar-refractivity contribution is 0.0935. The van der Waals surface area contributed by atoms with Crippen LogP contribution < -0.4 is 5.32 Å². The molecule has 5 nitrogen and oxygen atoms in total. The summed E-state index contributed by atoms with van der Waals surface area (Å²) >= 11 is 1.54. The Morgan fingerprint density at radius 2 is 2.00 bits per heavy atom. The molecule has 1 atom stereocenters. The number of aryl methyl sites for hydroxylation is 1. The topological polar surface area (TPSA) is 68.0 Å². The summed E-state index contributed by atoms with van der Waals surface area (Å²) in [5.41, 5.74) is 0.698. The average molecular weight is 362 g/mol. The molecule has 1 aromatic heterocycles. The van der Waals surface area contributed by atoms with Crippen molar-refractivity contribution in [1.29, 1.82) is 0 Å². The van der Waals surface area contributed by atoms with E-state index in [1.165, 1.54) is 6.42 Å². The quantitative estimate of drug-likeness (QED) is 0.660. The van der Waals surface area contributed by atoms with Gasteiger partial charge < -0.3 is 9.84 Å². The van der Waals surface area contributed by atoms with Crippen LogP contribution >= 0.6 is 11.8 Å². The molecule has 0 spiro atoms. The second-order valence-electron chi connectivity index (χ2n) is 6.71. The lowest BCUT2D eigenvalue weighted by Crippen LogP contribution is -2.32. The van der Waals surface area contributed by atoms with Crippen LogP contribution in [0.2, 0.25) is 0 Å². The van der Waals surface area contributed by atoms with Crippen LogP contribution in [0.15, 0.2) is 33.7 Å². The maximum atomic E-state index is 12.6. The normalized spacial score (nSPS) is 12.4. The smallest absolute Gasteiger partial charge is 0.252 e. The van der Waals surface area contributed by atoms with Gasteiger partial charge in [-0.2, -0.15) is 4.98 Å². The molecule has 0 aliphatic heterocycles. The Kier molecular flexibility index (Phi) is 7.50. The molecule has 2 rings (SSSR count). The van der Waals surface area contributed by atoms with Crippen molar-refractivity contribution in [2.75, 3.05) is 0 Å². The minimum atomic E-state index is -0.0237. The van der Waals surface area contributed by atoms with Crippen LogP contribution in [-0.2, 0) is 5.75 Å². The van der Waals surface area contributed by atoms with Gasteiger partial charge in [-0.05, 0) is 31.4 Å². The maximum absolute atomic E-state index is 12.6. The Hall–Kier alpha value is -1.82. The molecule has 6 heteroatoms. The van der Waals surface area contributed by atoms with E-state index < -0.39 is 0 Å². The van der Waals surface area contributed by atoms with E-state index in [2.05, 4.69) is 36.2 Å². The van der Waals surface area contributed by atoms with E-state index in [0.29, 0.717) is 28.9 Å². The van der Waals surface area contributed by atoms with E-state index in [4.69, 9.17) is 4.52 Å². The number of aromatic nitrogens is 2. The zero-order chi connectivity index (χ0) is 18.2. The second kappa shape index (κ2) is 9.61. The van der Waals surface area contributed by atoms with E-state index in [1.807, 2.05) is 24.3 Å². The molecule has 0 bridgehead atoms. The fourth-order valence-electron chi connectivity index (χ4n) is 2.53. The maximum Gasteiger partial charge on any atom is 0.252 e. The lowest BCUT2D eigenvalue weighted by atomic mass is 10.0. The summed E-state index contributed by atoms with van der Waals surface area (Å²) in [5, 5.41) is 7.00. The molecule has 0 saturated carbocycles. The first-order valence-electron chi connectivity index (χ1n) is 8.77. The third-order valence-corrected chi connectivity index (χ3v) is 4.92. The van der Waals surface area contributed by atoms with Gasteiger partial charge in [0.2, 0.25) is 5.89 Å². The number of nitrogens with one attached hydrogen (secondary N) is 1. The Morgan fingerprint density at radius 1 is 1.24 bits per heavy atom. The minimum Gasteiger partial charge on any atom is -0.350 e. The fourth-order valence-corrected chi connectivity index (χ4v) is 3.42. The summed E-state index contributed by atoms with van der Waals surface area (Å²) in [4.78, 5) is 17.7. The number of nitrogens with zero attached hydrogens (tertiary/aromatic N) is 2. The number of benzene rings is 1. The van der Waals surface area contributed by atoms with Crippen molar-refractivity contribution in [1.82, 2.24) is 15.5 Å². The van der Waals surface area contributed by atoms with E-state index in [1.54, 1.807) is 18.7 Å². The van der Waals surface area contributed by atoms with Crippen molar-refractivity contribution in [3.05, 3.63) is 41.5 Å². The number of amides is 1. The molecule has 0 radical (unpaired) electrons. The molecule has 0 saturated heterocycles. The van der Waals surface area contributed by atoms with E-state index in [-0.39, 0.29) is 11.9 Å². The standard InChI is InChI=1S/C19H27N3O2S/c1-13(2)8-7-9-14(3)20-19(23)16-10-5-6-11-17(16)25-12-18-21-15(4)24-22-18/h5-6,10-11,13-14H,7-9,12H2,1-4H3,(H,20,23). The van der Waals surface area contributed by atoms with Crippen LogP contribution in [0.1, 0.15) is 62.1 Å². The number of hydrogen-bond acceptors (Lipinski definition) is 5. The third-order valence-electron chi connectivity index (χ3n) is 3.85. The Morgan fingerprint density at radius 3 is 2.68 bits per heavy atom. The number of rotatable bonds is 9. The molecule has 2 aromatic rings. The summed E-state index contributed by atoms with van der Waals surface area (Å²) < 4.78 is 4.98. The molecule has 0 aliphatic carbocycles. The molecule has 1 N–H and O–H groups in total. The lowest BCUT2D eigenvalue weighted by Gasteiger charge is -2.16. The van der Waals surface area contributed by atoms with Gasteiger partial charge in [0.25, 0.3) is 5.91 Å². The van der Waals surface area contributed by atoms with Crippen LogP contribution in [0.5, 0.6) is 0 Å². The number of hydrogen-bond donors (Lipinski definition) is 1. The zero-order valence-electron chi connectivity index (χ0n) is 15.4. The van der Waals surface area contributed by atoms with Gasteiger partial charge >= 0.3 is 0 Å². The summed E-state index contributed by atoms with van der Waals surface area (Å²) in [7, 11) is 0. The average Bonchev–Trinajstić information content (AvgIpc) is 2.98. The van der Waals surface area contributed by atoms with Crippen LogP contribution in [0.3, 0.4) is 0 Å². The van der Waals surface area contributed by atoms with Crippen molar-refractivity contribution in [2.45, 2.75) is 63.6 Å². The molecular formula is C19H27N3O2S. The predicted molar refractivity (Wildman–Crippen MR) is 101 cm³/mol. The molecule has 0 aliphatic rings. The Labute approximate surface area is 154 Å². The van der Waals surface area contributed by atoms with Gasteiger partial charge in [0.15, 0.2) is 5.82 Å². The van der Waals surface area contributed by atoms with Crippen molar-refractivity contribution in [3.8, 4) is 0 Å². The first-order valence-corrected chi connectivity index (χ1v) is 9.76. The predicted octanol–water partition coefficient (Wildman–Crippen LogP) is 4.61. The van der Waals surface area contributed by atoms with Gasteiger partial charge in [0.1, 0.15) is 0 Å². The number of carbonyl (C=O) groups excluding carboxylic acids is 1. The summed E-state index contributed by atoms with van der Waals surface area (Å²) in [6, 6.07) is 7.81. The Balaban J connectivity index is 1.92. The molecule has 1 aromatic carbocycles. The zero-order valence-corrected chi connectivity index (χ0v) is 16.2. The van der Waals surface area contributed by atoms with Crippen molar-refractivity contribution >= 4 is 17.7 Å². The molecule has 1 unspecified atom stereocenters. The van der Waals surface area contributed by atoms with Gasteiger partial charge in [-0.1, -0.05) is 44.0 Å². The van der Waals surface area contributed by atoms with Crippen molar-refractivity contribution < 1.29 is 9.32 Å². The third kappa shape index (κ3) is 6.53. The SMILES string of the molecule is Cc1nc(CSc2ccccc2C(=O)NC(C)CCCC(C)C)no1. The van der Waals surface area contributed by atoms with Gasteiger partial charge in [0.05, 0.1) is 11.3 Å². The molecule has 136 valence electrons. The van der Waals surface area contributed by atoms with Crippen molar-refractivity contribution in [3.63, 3.8) is 0 Å². The van der Waals surface area contributed by atoms with Crippen LogP contribution in [0, 0.1) is 12.8 Å². The molecule has 0 fully saturated rings. The van der Waals surface area contributed by atoms with E-state index in [9.17, 15) is 4.79 Å². The second-order valence-corrected chi connectivity index (χ2v) is 7.73. The molecule has 1 amide bonds. The van der Waals surface area contributed by atoms with Gasteiger partial charge in [-0.15, -0.1) is 11.8 Å². The van der Waals surface area contributed by atoms with E-state index >= 15 is 0 Å². The first-order chi connectivity index (χ1) is 12.0. The summed E-state index contributed by atoms with van der Waals surface area (Å²) in [6.07, 6.45) is 3.32. The van der Waals surface area contributed by atoms with Gasteiger partial charge in [-0.25, -0.2) is 0 Å². The fraction of sp³-hybridized carbons (Fsp3) is 0.526. The van der Waals surface area contributed by atoms with Crippen LogP contribution in [0.25, 0.3) is 0 Å². The van der Waals surface area contributed by atoms with Crippen molar-refractivity contribution in [2.24, 2.45) is 5.92 Å². The highest BCUT2D eigenvalue weighted by atomic mass is 32.2. The summed E-state index contributed by atoms with van der Waals surface area (Å²) in [6.45, 7) is 8.28. The highest BCUT2D eigenvalue weighted by molar-refractivity contribution is 7.98. The number of carbonyl (C=O) groups is 1. The number of thioether (sulfide) groups is 1. The summed E-state index contributed by atoms with van der Waals surface area (Å²) in [5.74, 6) is 2.45. The van der Waals surface area contributed by atoms with Crippen LogP contribution in [0.4, 0.5) is 0 Å². The van der Waals surface area contributed by atoms with Gasteiger partial charge in [0, 0.05) is 17.9 Å². The molecular weight excluding hydrogens is 334 g/mol. The van der Waals surface area contributed by atoms with Gasteiger partial charge in [-0.3, -0.25) is 4.79 Å². The molecule has 25 heavy (non-hydrogen) atoms. The highest BCUT2D eigenvalue weighted by Crippen LogP contribution is 2.25. The molecule has 1 heterocycles. The Bertz CT molecular complexity index is 685. The minimum absolute atomic E-state index is 0.0237. The van der Waals surface area contributed by atoms with Crippen LogP contribution in [-0.4, -0.2) is 22.1 Å². The monoisotopic (exact) mass is 361 g/mol. The highest BCUT2D eigenvalue weighted by Gasteiger charge is 2.15.